The molecule has 0 radical (unpaired) electrons. The molecule has 0 unspecified atom stereocenters. The van der Waals surface area contributed by atoms with E-state index in [1.807, 2.05) is 0 Å². The van der Waals surface area contributed by atoms with Crippen LogP contribution < -0.4 is 68.9 Å². The molecule has 3 heterocycles. The van der Waals surface area contributed by atoms with Crippen LogP contribution in [0.2, 0.25) is 0 Å². The summed E-state index contributed by atoms with van der Waals surface area (Å²) in [5.41, 5.74) is 0.574. The van der Waals surface area contributed by atoms with Crippen LogP contribution in [0.3, 0.4) is 0 Å². The van der Waals surface area contributed by atoms with E-state index >= 15 is 0 Å². The molecule has 0 bridgehead atoms. The van der Waals surface area contributed by atoms with Crippen molar-refractivity contribution in [2.24, 2.45) is 0 Å². The van der Waals surface area contributed by atoms with Crippen molar-refractivity contribution in [2.75, 3.05) is 0 Å². The molecule has 3 aromatic heterocycles. The number of rotatable bonds is 4. The Bertz CT molecular complexity index is 1200. The summed E-state index contributed by atoms with van der Waals surface area (Å²) in [7, 11) is -5.10. The van der Waals surface area contributed by atoms with Crippen molar-refractivity contribution in [1.82, 2.24) is 19.5 Å². The predicted octanol–water partition coefficient (Wildman–Crippen LogP) is -4.63. The fraction of sp³-hybridized carbons (Fsp3) is 0.0667. The first kappa shape index (κ1) is 23.6. The summed E-state index contributed by atoms with van der Waals surface area (Å²) in [6, 6.07) is 6.27. The minimum Gasteiger partial charge on any atom is -0.795 e. The molecule has 9 nitrogen and oxygen atoms in total. The van der Waals surface area contributed by atoms with Crippen molar-refractivity contribution in [3.63, 3.8) is 0 Å². The van der Waals surface area contributed by atoms with E-state index in [4.69, 9.17) is 4.42 Å². The van der Waals surface area contributed by atoms with E-state index in [0.29, 0.717) is 21.3 Å². The van der Waals surface area contributed by atoms with Crippen LogP contribution in [-0.4, -0.2) is 25.3 Å². The van der Waals surface area contributed by atoms with Crippen molar-refractivity contribution in [1.29, 1.82) is 0 Å². The number of carbonyl (C=O) groups excluding carboxylic acids is 1. The van der Waals surface area contributed by atoms with E-state index in [9.17, 15) is 19.1 Å². The molecule has 132 valence electrons. The van der Waals surface area contributed by atoms with Crippen LogP contribution in [0.5, 0.6) is 0 Å². The van der Waals surface area contributed by atoms with E-state index in [2.05, 4.69) is 15.2 Å². The van der Waals surface area contributed by atoms with Crippen molar-refractivity contribution in [2.45, 2.75) is 6.92 Å². The first-order chi connectivity index (χ1) is 12.3. The SMILES string of the molecule is Cc1nnc(-c2csc(C(=O)c3cn(P(=O)([O-])[O-])c4ccccc34)n2)o1.[Na+].[Na+]. The third kappa shape index (κ3) is 4.41. The number of benzene rings is 1. The van der Waals surface area contributed by atoms with Gasteiger partial charge in [0.05, 0.1) is 11.1 Å². The van der Waals surface area contributed by atoms with Gasteiger partial charge in [-0.25, -0.2) is 4.98 Å². The van der Waals surface area contributed by atoms with Gasteiger partial charge in [-0.3, -0.25) is 4.79 Å². The summed E-state index contributed by atoms with van der Waals surface area (Å²) in [6.45, 7) is 1.63. The average molecular weight is 434 g/mol. The number of aryl methyl sites for hydroxylation is 1. The van der Waals surface area contributed by atoms with Crippen LogP contribution in [0.15, 0.2) is 40.3 Å². The zero-order valence-corrected chi connectivity index (χ0v) is 20.9. The van der Waals surface area contributed by atoms with Gasteiger partial charge in [0.15, 0.2) is 5.01 Å². The second-order valence-corrected chi connectivity index (χ2v) is 7.59. The molecule has 4 rings (SSSR count). The summed E-state index contributed by atoms with van der Waals surface area (Å²) < 4.78 is 17.3. The normalized spacial score (nSPS) is 11.1. The largest absolute Gasteiger partial charge is 1.00 e. The van der Waals surface area contributed by atoms with E-state index in [0.717, 1.165) is 17.5 Å². The summed E-state index contributed by atoms with van der Waals surface area (Å²) in [4.78, 5) is 40.0. The van der Waals surface area contributed by atoms with E-state index in [-0.39, 0.29) is 81.1 Å². The standard InChI is InChI=1S/C15H11N4O5PS.2Na/c1-8-17-18-14(24-8)11-7-26-15(16-11)13(20)10-6-19(25(21,22)23)12-5-3-2-4-9(10)12;;/h2-7H,1H3,(H2,21,22,23);;/q;2*+1/p-2. The quantitative estimate of drug-likeness (QED) is 0.178. The van der Waals surface area contributed by atoms with Gasteiger partial charge in [0.25, 0.3) is 5.89 Å². The van der Waals surface area contributed by atoms with Crippen molar-refractivity contribution in [3.8, 4) is 11.6 Å². The molecule has 0 aliphatic carbocycles. The molecule has 4 aromatic rings. The molecule has 0 saturated carbocycles. The number of fused-ring (bicyclic) bond motifs is 1. The summed E-state index contributed by atoms with van der Waals surface area (Å²) in [5.74, 6) is 0.0512. The number of hydrogen-bond donors (Lipinski definition) is 0. The molecule has 0 spiro atoms. The molecule has 0 N–H and O–H groups in total. The Kier molecular flexibility index (Phi) is 7.60. The van der Waals surface area contributed by atoms with Gasteiger partial charge in [-0.2, -0.15) is 0 Å². The topological polar surface area (TPSA) is 137 Å². The van der Waals surface area contributed by atoms with Crippen molar-refractivity contribution >= 4 is 35.8 Å². The second-order valence-electron chi connectivity index (χ2n) is 5.37. The third-order valence-corrected chi connectivity index (χ3v) is 5.34. The predicted molar refractivity (Wildman–Crippen MR) is 88.5 cm³/mol. The molecular weight excluding hydrogens is 425 g/mol. The Morgan fingerprint density at radius 2 is 1.93 bits per heavy atom. The van der Waals surface area contributed by atoms with Crippen molar-refractivity contribution < 1.29 is 82.7 Å². The average Bonchev–Trinajstić information content (AvgIpc) is 3.31. The molecule has 0 atom stereocenters. The number of carbonyl (C=O) groups is 1. The maximum absolute atomic E-state index is 12.8. The summed E-state index contributed by atoms with van der Waals surface area (Å²) in [5, 5.41) is 9.61. The van der Waals surface area contributed by atoms with Gasteiger partial charge in [-0.1, -0.05) is 18.2 Å². The minimum absolute atomic E-state index is 0. The van der Waals surface area contributed by atoms with Gasteiger partial charge >= 0.3 is 59.1 Å². The summed E-state index contributed by atoms with van der Waals surface area (Å²) >= 11 is 1.06. The number of ketones is 1. The smallest absolute Gasteiger partial charge is 0.795 e. The van der Waals surface area contributed by atoms with Gasteiger partial charge in [0.1, 0.15) is 5.69 Å². The number of thiazole rings is 1. The van der Waals surface area contributed by atoms with Gasteiger partial charge < -0.3 is 23.1 Å². The minimum atomic E-state index is -5.10. The molecule has 1 aromatic carbocycles. The Balaban J connectivity index is 0.00000140. The molecule has 0 amide bonds. The maximum atomic E-state index is 12.8. The third-order valence-electron chi connectivity index (χ3n) is 3.64. The molecule has 0 saturated heterocycles. The van der Waals surface area contributed by atoms with E-state index < -0.39 is 13.5 Å². The fourth-order valence-electron chi connectivity index (χ4n) is 2.54. The number of para-hydroxylation sites is 1. The number of nitrogens with zero attached hydrogens (tertiary/aromatic N) is 4. The van der Waals surface area contributed by atoms with Crippen LogP contribution >= 0.6 is 19.1 Å². The van der Waals surface area contributed by atoms with Crippen LogP contribution in [0, 0.1) is 6.92 Å². The first-order valence-corrected chi connectivity index (χ1v) is 9.66. The Morgan fingerprint density at radius 3 is 2.57 bits per heavy atom. The Morgan fingerprint density at radius 1 is 1.21 bits per heavy atom. The molecule has 0 aliphatic rings. The molecule has 28 heavy (non-hydrogen) atoms. The van der Waals surface area contributed by atoms with Gasteiger partial charge in [0.2, 0.25) is 11.7 Å². The Hall–Kier alpha value is -0.650. The van der Waals surface area contributed by atoms with Crippen LogP contribution in [0.1, 0.15) is 21.3 Å². The van der Waals surface area contributed by atoms with Crippen LogP contribution in [0.4, 0.5) is 0 Å². The molecule has 0 aliphatic heterocycles. The van der Waals surface area contributed by atoms with Crippen molar-refractivity contribution in [3.05, 3.63) is 52.3 Å². The zero-order valence-electron chi connectivity index (χ0n) is 15.1. The van der Waals surface area contributed by atoms with E-state index in [1.165, 1.54) is 6.07 Å². The van der Waals surface area contributed by atoms with Crippen LogP contribution in [0.25, 0.3) is 22.5 Å². The molecule has 0 fully saturated rings. The first-order valence-electron chi connectivity index (χ1n) is 7.28. The van der Waals surface area contributed by atoms with Crippen LogP contribution in [-0.2, 0) is 4.57 Å². The Labute approximate surface area is 207 Å². The fourth-order valence-corrected chi connectivity index (χ4v) is 3.98. The van der Waals surface area contributed by atoms with Gasteiger partial charge in [0, 0.05) is 31.6 Å². The van der Waals surface area contributed by atoms with Gasteiger partial charge in [-0.05, 0) is 6.07 Å². The monoisotopic (exact) mass is 434 g/mol. The molecular formula is C15H9N4Na2O5PS. The maximum Gasteiger partial charge on any atom is 1.00 e. The van der Waals surface area contributed by atoms with Gasteiger partial charge in [-0.15, -0.1) is 21.5 Å². The number of hydrogen-bond acceptors (Lipinski definition) is 9. The number of aromatic nitrogens is 4. The molecule has 13 heteroatoms. The van der Waals surface area contributed by atoms with E-state index in [1.54, 1.807) is 30.5 Å². The second kappa shape index (κ2) is 9.01. The zero-order chi connectivity index (χ0) is 18.5. The summed E-state index contributed by atoms with van der Waals surface area (Å²) in [6.07, 6.45) is 1.03.